The topological polar surface area (TPSA) is 84.6 Å². The van der Waals surface area contributed by atoms with E-state index in [9.17, 15) is 17.6 Å². The molecule has 7 nitrogen and oxygen atoms in total. The summed E-state index contributed by atoms with van der Waals surface area (Å²) in [6.07, 6.45) is -3.59. The Balaban J connectivity index is 0.000000640. The summed E-state index contributed by atoms with van der Waals surface area (Å²) in [4.78, 5) is 8.00. The fourth-order valence-electron chi connectivity index (χ4n) is 2.11. The van der Waals surface area contributed by atoms with Gasteiger partial charge in [0.1, 0.15) is 18.0 Å². The lowest BCUT2D eigenvalue weighted by atomic mass is 10.1. The fraction of sp³-hybridized carbons (Fsp3) is 0.353. The van der Waals surface area contributed by atoms with Gasteiger partial charge in [0.25, 0.3) is 5.78 Å². The molecule has 0 amide bonds. The number of halogens is 4. The Morgan fingerprint density at radius 1 is 1.25 bits per heavy atom. The SMILES string of the molecule is CC(C)O.COc1cc(NCc2ccc(C(F)(F)F)c(F)c2)n2ncnc2n1. The predicted octanol–water partition coefficient (Wildman–Crippen LogP) is 3.29. The maximum Gasteiger partial charge on any atom is 0.419 e. The van der Waals surface area contributed by atoms with Crippen LogP contribution in [0.4, 0.5) is 23.4 Å². The van der Waals surface area contributed by atoms with Crippen molar-refractivity contribution in [2.75, 3.05) is 12.4 Å². The molecule has 11 heteroatoms. The molecule has 0 radical (unpaired) electrons. The summed E-state index contributed by atoms with van der Waals surface area (Å²) in [5.41, 5.74) is -0.958. The van der Waals surface area contributed by atoms with E-state index >= 15 is 0 Å². The number of alkyl halides is 3. The lowest BCUT2D eigenvalue weighted by molar-refractivity contribution is -0.140. The van der Waals surface area contributed by atoms with Crippen LogP contribution in [0.15, 0.2) is 30.6 Å². The third kappa shape index (κ3) is 5.52. The van der Waals surface area contributed by atoms with E-state index in [-0.39, 0.29) is 24.3 Å². The Kier molecular flexibility index (Phi) is 6.73. The van der Waals surface area contributed by atoms with Crippen LogP contribution in [0.3, 0.4) is 0 Å². The third-order valence-corrected chi connectivity index (χ3v) is 3.25. The fourth-order valence-corrected chi connectivity index (χ4v) is 2.11. The van der Waals surface area contributed by atoms with E-state index in [2.05, 4.69) is 20.4 Å². The lowest BCUT2D eigenvalue weighted by Gasteiger charge is -2.11. The van der Waals surface area contributed by atoms with Crippen molar-refractivity contribution in [3.63, 3.8) is 0 Å². The first-order valence-corrected chi connectivity index (χ1v) is 8.14. The minimum Gasteiger partial charge on any atom is -0.481 e. The molecular formula is C17H19F4N5O2. The Hall–Kier alpha value is -2.95. The monoisotopic (exact) mass is 401 g/mol. The molecule has 3 rings (SSSR count). The van der Waals surface area contributed by atoms with Gasteiger partial charge >= 0.3 is 6.18 Å². The molecule has 0 atom stereocenters. The first kappa shape index (κ1) is 21.4. The number of hydrogen-bond donors (Lipinski definition) is 2. The second-order valence-electron chi connectivity index (χ2n) is 5.91. The average Bonchev–Trinajstić information content (AvgIpc) is 3.06. The number of aliphatic hydroxyl groups is 1. The Morgan fingerprint density at radius 3 is 2.50 bits per heavy atom. The van der Waals surface area contributed by atoms with Crippen LogP contribution in [0.5, 0.6) is 5.88 Å². The molecule has 152 valence electrons. The molecule has 28 heavy (non-hydrogen) atoms. The first-order chi connectivity index (χ1) is 13.1. The molecule has 2 N–H and O–H groups in total. The summed E-state index contributed by atoms with van der Waals surface area (Å²) < 4.78 is 57.7. The van der Waals surface area contributed by atoms with E-state index in [1.54, 1.807) is 19.9 Å². The molecule has 2 aromatic heterocycles. The van der Waals surface area contributed by atoms with Gasteiger partial charge in [0.05, 0.1) is 12.7 Å². The van der Waals surface area contributed by atoms with Crippen LogP contribution in [0.2, 0.25) is 0 Å². The van der Waals surface area contributed by atoms with E-state index in [0.717, 1.165) is 6.07 Å². The predicted molar refractivity (Wildman–Crippen MR) is 93.4 cm³/mol. The molecule has 0 bridgehead atoms. The van der Waals surface area contributed by atoms with Gasteiger partial charge in [-0.25, -0.2) is 4.39 Å². The zero-order valence-corrected chi connectivity index (χ0v) is 15.3. The van der Waals surface area contributed by atoms with Crippen molar-refractivity contribution >= 4 is 11.6 Å². The van der Waals surface area contributed by atoms with Gasteiger partial charge in [0.15, 0.2) is 0 Å². The smallest absolute Gasteiger partial charge is 0.419 e. The van der Waals surface area contributed by atoms with Crippen molar-refractivity contribution in [3.05, 3.63) is 47.5 Å². The quantitative estimate of drug-likeness (QED) is 0.653. The van der Waals surface area contributed by atoms with E-state index in [1.165, 1.54) is 24.0 Å². The normalized spacial score (nSPS) is 11.3. The number of fused-ring (bicyclic) bond motifs is 1. The van der Waals surface area contributed by atoms with Crippen LogP contribution in [0, 0.1) is 5.82 Å². The number of aliphatic hydroxyl groups excluding tert-OH is 1. The molecule has 0 fully saturated rings. The van der Waals surface area contributed by atoms with E-state index in [1.807, 2.05) is 0 Å². The highest BCUT2D eigenvalue weighted by atomic mass is 19.4. The third-order valence-electron chi connectivity index (χ3n) is 3.25. The zero-order chi connectivity index (χ0) is 20.9. The number of methoxy groups -OCH3 is 1. The summed E-state index contributed by atoms with van der Waals surface area (Å²) >= 11 is 0. The van der Waals surface area contributed by atoms with Crippen LogP contribution >= 0.6 is 0 Å². The van der Waals surface area contributed by atoms with Gasteiger partial charge in [0, 0.05) is 18.7 Å². The minimum atomic E-state index is -4.72. The highest BCUT2D eigenvalue weighted by Crippen LogP contribution is 2.31. The lowest BCUT2D eigenvalue weighted by Crippen LogP contribution is -2.10. The van der Waals surface area contributed by atoms with Crippen molar-refractivity contribution < 1.29 is 27.4 Å². The molecule has 2 heterocycles. The highest BCUT2D eigenvalue weighted by molar-refractivity contribution is 5.47. The van der Waals surface area contributed by atoms with Gasteiger partial charge in [-0.3, -0.25) is 0 Å². The zero-order valence-electron chi connectivity index (χ0n) is 15.3. The van der Waals surface area contributed by atoms with Gasteiger partial charge in [-0.2, -0.15) is 32.8 Å². The number of anilines is 1. The number of aromatic nitrogens is 4. The van der Waals surface area contributed by atoms with Gasteiger partial charge < -0.3 is 15.2 Å². The van der Waals surface area contributed by atoms with E-state index in [4.69, 9.17) is 9.84 Å². The van der Waals surface area contributed by atoms with Gasteiger partial charge in [-0.05, 0) is 31.5 Å². The molecular weight excluding hydrogens is 382 g/mol. The number of benzene rings is 1. The summed E-state index contributed by atoms with van der Waals surface area (Å²) in [6.45, 7) is 3.52. The molecule has 0 unspecified atom stereocenters. The van der Waals surface area contributed by atoms with Gasteiger partial charge in [0.2, 0.25) is 5.88 Å². The van der Waals surface area contributed by atoms with Gasteiger partial charge in [-0.15, -0.1) is 0 Å². The molecule has 0 saturated heterocycles. The van der Waals surface area contributed by atoms with Crippen molar-refractivity contribution in [1.82, 2.24) is 19.6 Å². The molecule has 3 aromatic rings. The summed E-state index contributed by atoms with van der Waals surface area (Å²) in [6, 6.07) is 4.30. The van der Waals surface area contributed by atoms with Crippen LogP contribution in [-0.4, -0.2) is 37.9 Å². The number of rotatable bonds is 4. The van der Waals surface area contributed by atoms with Crippen molar-refractivity contribution in [3.8, 4) is 5.88 Å². The highest BCUT2D eigenvalue weighted by Gasteiger charge is 2.33. The Labute approximate surface area is 158 Å². The maximum atomic E-state index is 13.6. The van der Waals surface area contributed by atoms with Crippen molar-refractivity contribution in [2.24, 2.45) is 0 Å². The minimum absolute atomic E-state index is 0.0805. The maximum absolute atomic E-state index is 13.6. The second-order valence-corrected chi connectivity index (χ2v) is 5.91. The molecule has 0 aliphatic heterocycles. The van der Waals surface area contributed by atoms with Gasteiger partial charge in [-0.1, -0.05) is 6.07 Å². The number of hydrogen-bond acceptors (Lipinski definition) is 6. The average molecular weight is 401 g/mol. The van der Waals surface area contributed by atoms with Crippen molar-refractivity contribution in [1.29, 1.82) is 0 Å². The molecule has 0 spiro atoms. The molecule has 0 aliphatic carbocycles. The number of nitrogens with zero attached hydrogens (tertiary/aromatic N) is 4. The Morgan fingerprint density at radius 2 is 1.93 bits per heavy atom. The van der Waals surface area contributed by atoms with Crippen LogP contribution in [0.1, 0.15) is 25.0 Å². The van der Waals surface area contributed by atoms with Crippen LogP contribution < -0.4 is 10.1 Å². The van der Waals surface area contributed by atoms with Crippen LogP contribution in [0.25, 0.3) is 5.78 Å². The summed E-state index contributed by atoms with van der Waals surface area (Å²) in [5, 5.41) is 15.0. The molecule has 1 aromatic carbocycles. The molecule has 0 saturated carbocycles. The number of nitrogens with one attached hydrogen (secondary N) is 1. The van der Waals surface area contributed by atoms with E-state index < -0.39 is 17.6 Å². The van der Waals surface area contributed by atoms with Crippen molar-refractivity contribution in [2.45, 2.75) is 32.7 Å². The number of ether oxygens (including phenoxy) is 1. The standard InChI is InChI=1S/C14H11F4N5O.C3H8O/c1-24-12-5-11(23-13(22-12)20-7-21-23)19-6-8-2-3-9(10(15)4-8)14(16,17)18;1-3(2)4/h2-5,7,19H,6H2,1H3;3-4H,1-2H3. The first-order valence-electron chi connectivity index (χ1n) is 8.14. The van der Waals surface area contributed by atoms with E-state index in [0.29, 0.717) is 17.4 Å². The molecule has 0 aliphatic rings. The Bertz CT molecular complexity index is 925. The largest absolute Gasteiger partial charge is 0.481 e. The van der Waals surface area contributed by atoms with Crippen LogP contribution in [-0.2, 0) is 12.7 Å². The summed E-state index contributed by atoms with van der Waals surface area (Å²) in [7, 11) is 1.43. The second kappa shape index (κ2) is 8.83. The summed E-state index contributed by atoms with van der Waals surface area (Å²) in [5.74, 6) is -0.290.